The van der Waals surface area contributed by atoms with Gasteiger partial charge >= 0.3 is 0 Å². The Morgan fingerprint density at radius 1 is 0.206 bits per heavy atom. The van der Waals surface area contributed by atoms with E-state index < -0.39 is 0 Å². The van der Waals surface area contributed by atoms with Crippen molar-refractivity contribution in [3.63, 3.8) is 0 Å². The first-order valence-electron chi connectivity index (χ1n) is 33.8. The molecule has 2 heterocycles. The summed E-state index contributed by atoms with van der Waals surface area (Å²) in [4.78, 5) is 5.41. The normalized spacial score (nSPS) is 12.2. The highest BCUT2D eigenvalue weighted by Gasteiger charge is 2.46. The number of rotatable bonds is 12. The molecule has 0 saturated heterocycles. The maximum absolute atomic E-state index is 2.70. The number of hydrogen-bond acceptors (Lipinski definition) is 2. The summed E-state index contributed by atoms with van der Waals surface area (Å²) in [6, 6.07) is 136. The van der Waals surface area contributed by atoms with Crippen LogP contribution in [0.25, 0.3) is 111 Å². The van der Waals surface area contributed by atoms with Crippen LogP contribution in [0.4, 0.5) is 34.1 Å². The van der Waals surface area contributed by atoms with Gasteiger partial charge in [0.05, 0.1) is 11.4 Å². The van der Waals surface area contributed by atoms with Gasteiger partial charge in [-0.25, -0.2) is 0 Å². The maximum Gasteiger partial charge on any atom is 0.252 e. The van der Waals surface area contributed by atoms with Crippen molar-refractivity contribution in [2.45, 2.75) is 26.2 Å². The Kier molecular flexibility index (Phi) is 15.0. The minimum atomic E-state index is -0.322. The van der Waals surface area contributed by atoms with Crippen molar-refractivity contribution in [2.24, 2.45) is 0 Å². The fourth-order valence-electron chi connectivity index (χ4n) is 15.3. The number of nitrogens with zero attached hydrogens (tertiary/aromatic N) is 2. The van der Waals surface area contributed by atoms with Crippen molar-refractivity contribution in [3.05, 3.63) is 370 Å². The van der Waals surface area contributed by atoms with E-state index in [2.05, 4.69) is 395 Å². The average Bonchev–Trinajstić information content (AvgIpc) is 0.687. The number of para-hydroxylation sites is 2. The van der Waals surface area contributed by atoms with Crippen LogP contribution in [0.1, 0.15) is 26.3 Å². The van der Waals surface area contributed by atoms with Gasteiger partial charge in [-0.3, -0.25) is 0 Å². The smallest absolute Gasteiger partial charge is 0.252 e. The third-order valence-electron chi connectivity index (χ3n) is 19.9. The van der Waals surface area contributed by atoms with Crippen molar-refractivity contribution in [1.29, 1.82) is 0 Å². The molecule has 0 atom stereocenters. The first kappa shape index (κ1) is 58.8. The Labute approximate surface area is 570 Å². The van der Waals surface area contributed by atoms with E-state index in [0.717, 1.165) is 101 Å². The molecule has 17 rings (SSSR count). The van der Waals surface area contributed by atoms with Gasteiger partial charge in [0.2, 0.25) is 0 Å². The monoisotopic (exact) mass is 1240 g/mol. The van der Waals surface area contributed by atoms with Gasteiger partial charge in [-0.2, -0.15) is 0 Å². The van der Waals surface area contributed by atoms with Crippen molar-refractivity contribution in [2.75, 3.05) is 9.80 Å². The van der Waals surface area contributed by atoms with Gasteiger partial charge in [-0.05, 0) is 141 Å². The fourth-order valence-corrected chi connectivity index (χ4v) is 15.3. The summed E-state index contributed by atoms with van der Waals surface area (Å²) in [5, 5.41) is 0. The van der Waals surface area contributed by atoms with E-state index in [1.807, 2.05) is 0 Å². The zero-order chi connectivity index (χ0) is 65.0. The molecule has 0 aliphatic carbocycles. The predicted octanol–water partition coefficient (Wildman–Crippen LogP) is 23.7. The van der Waals surface area contributed by atoms with E-state index in [-0.39, 0.29) is 12.1 Å². The maximum atomic E-state index is 2.70. The van der Waals surface area contributed by atoms with Crippen LogP contribution in [0, 0.1) is 0 Å². The van der Waals surface area contributed by atoms with E-state index in [1.54, 1.807) is 0 Å². The molecular weight excluding hydrogens is 1170 g/mol. The fraction of sp³-hybridized carbons (Fsp3) is 0.0426. The van der Waals surface area contributed by atoms with Gasteiger partial charge in [-0.15, -0.1) is 0 Å². The van der Waals surface area contributed by atoms with Gasteiger partial charge < -0.3 is 9.80 Å². The predicted molar refractivity (Wildman–Crippen MR) is 414 cm³/mol. The van der Waals surface area contributed by atoms with E-state index >= 15 is 0 Å². The van der Waals surface area contributed by atoms with Crippen molar-refractivity contribution >= 4 is 57.2 Å². The number of benzene rings is 15. The molecule has 2 aliphatic rings. The van der Waals surface area contributed by atoms with E-state index in [1.165, 1.54) is 66.5 Å². The molecule has 0 bridgehead atoms. The van der Waals surface area contributed by atoms with Crippen LogP contribution in [-0.2, 0) is 5.41 Å². The summed E-state index contributed by atoms with van der Waals surface area (Å²) in [7, 11) is 0. The van der Waals surface area contributed by atoms with Crippen molar-refractivity contribution in [3.8, 4) is 111 Å². The molecule has 0 amide bonds. The first-order valence-corrected chi connectivity index (χ1v) is 33.8. The van der Waals surface area contributed by atoms with Crippen LogP contribution in [0.2, 0.25) is 0 Å². The van der Waals surface area contributed by atoms with Gasteiger partial charge in [0.25, 0.3) is 6.71 Å². The lowest BCUT2D eigenvalue weighted by Gasteiger charge is -2.46. The summed E-state index contributed by atoms with van der Waals surface area (Å²) in [5.41, 5.74) is 34.5. The summed E-state index contributed by atoms with van der Waals surface area (Å²) in [5.74, 6) is 0. The van der Waals surface area contributed by atoms with E-state index in [0.29, 0.717) is 0 Å². The molecule has 2 aliphatic heterocycles. The molecule has 3 heteroatoms. The lowest BCUT2D eigenvalue weighted by molar-refractivity contribution is 0.590. The standard InChI is InChI=1S/C94H69BN2/c1-94(2,3)72-62-89-91-90(63-72)97(93-83(79-50-28-24-46-75(79)68-40-18-8-19-41-68)54-31-55-84(93)80-51-29-25-47-76(80)69-42-20-9-21-43-69)88-59-57-71(65-34-12-5-13-35-65)61-86(88)95(91)85-60-70(64-32-10-4-11-33-64)56-58-87(85)96(89)92-81(77-48-26-22-44-73(77)66-36-14-6-15-37-66)52-30-53-82(92)78-49-27-23-45-74(78)67-38-16-7-17-39-67/h4-63H,1-3H3. The Balaban J connectivity index is 1.05. The third-order valence-corrected chi connectivity index (χ3v) is 19.9. The molecule has 0 spiro atoms. The highest BCUT2D eigenvalue weighted by atomic mass is 15.2. The molecule has 2 nitrogen and oxygen atoms in total. The SMILES string of the molecule is CC(C)(C)c1cc2c3c(c1)N(c1c(-c4ccccc4-c4ccccc4)cccc1-c1ccccc1-c1ccccc1)c1ccc(-c4ccccc4)cc1B3c1cc(-c3ccccc3)ccc1N2c1c(-c2ccccc2-c2ccccc2)cccc1-c1ccccc1-c1ccccc1. The zero-order valence-corrected chi connectivity index (χ0v) is 54.6. The Morgan fingerprint density at radius 3 is 0.732 bits per heavy atom. The van der Waals surface area contributed by atoms with Crippen LogP contribution in [-0.4, -0.2) is 6.71 Å². The van der Waals surface area contributed by atoms with Crippen molar-refractivity contribution in [1.82, 2.24) is 0 Å². The molecule has 97 heavy (non-hydrogen) atoms. The molecule has 0 radical (unpaired) electrons. The third kappa shape index (κ3) is 10.5. The molecule has 0 unspecified atom stereocenters. The second kappa shape index (κ2) is 24.7. The number of fused-ring (bicyclic) bond motifs is 4. The summed E-state index contributed by atoms with van der Waals surface area (Å²) in [6.07, 6.45) is 0. The second-order valence-corrected chi connectivity index (χ2v) is 26.6. The zero-order valence-electron chi connectivity index (χ0n) is 54.6. The molecular formula is C94H69BN2. The lowest BCUT2D eigenvalue weighted by atomic mass is 9.33. The van der Waals surface area contributed by atoms with Crippen LogP contribution >= 0.6 is 0 Å². The molecule has 0 N–H and O–H groups in total. The van der Waals surface area contributed by atoms with Crippen LogP contribution in [0.15, 0.2) is 364 Å². The lowest BCUT2D eigenvalue weighted by Crippen LogP contribution is -2.61. The van der Waals surface area contributed by atoms with Gasteiger partial charge in [-0.1, -0.05) is 360 Å². The van der Waals surface area contributed by atoms with E-state index in [9.17, 15) is 0 Å². The molecule has 0 fully saturated rings. The molecule has 0 aromatic heterocycles. The number of hydrogen-bond donors (Lipinski definition) is 0. The summed E-state index contributed by atoms with van der Waals surface area (Å²) in [6.45, 7) is 6.92. The topological polar surface area (TPSA) is 6.48 Å². The second-order valence-electron chi connectivity index (χ2n) is 26.6. The summed E-state index contributed by atoms with van der Waals surface area (Å²) < 4.78 is 0. The van der Waals surface area contributed by atoms with Gasteiger partial charge in [0.15, 0.2) is 0 Å². The number of anilines is 6. The highest BCUT2D eigenvalue weighted by Crippen LogP contribution is 2.56. The average molecular weight is 1240 g/mol. The quantitative estimate of drug-likeness (QED) is 0.113. The Morgan fingerprint density at radius 2 is 0.454 bits per heavy atom. The van der Waals surface area contributed by atoms with Gasteiger partial charge in [0.1, 0.15) is 0 Å². The molecule has 15 aromatic rings. The minimum absolute atomic E-state index is 0.239. The Hall–Kier alpha value is -12.0. The van der Waals surface area contributed by atoms with Crippen LogP contribution in [0.5, 0.6) is 0 Å². The Bertz CT molecular complexity index is 4900. The largest absolute Gasteiger partial charge is 0.310 e. The minimum Gasteiger partial charge on any atom is -0.310 e. The first-order chi connectivity index (χ1) is 47.8. The molecule has 458 valence electrons. The van der Waals surface area contributed by atoms with Crippen molar-refractivity contribution < 1.29 is 0 Å². The molecule has 15 aromatic carbocycles. The highest BCUT2D eigenvalue weighted by molar-refractivity contribution is 7.00. The summed E-state index contributed by atoms with van der Waals surface area (Å²) >= 11 is 0. The van der Waals surface area contributed by atoms with Gasteiger partial charge in [0, 0.05) is 45.0 Å². The van der Waals surface area contributed by atoms with Crippen LogP contribution in [0.3, 0.4) is 0 Å². The molecule has 0 saturated carbocycles. The van der Waals surface area contributed by atoms with Crippen LogP contribution < -0.4 is 26.2 Å². The van der Waals surface area contributed by atoms with E-state index in [4.69, 9.17) is 0 Å².